The van der Waals surface area contributed by atoms with Crippen molar-refractivity contribution in [2.45, 2.75) is 37.5 Å². The Morgan fingerprint density at radius 2 is 1.61 bits per heavy atom. The van der Waals surface area contributed by atoms with Gasteiger partial charge in [-0.1, -0.05) is 25.0 Å². The number of nitrogens with zero attached hydrogens (tertiary/aromatic N) is 1. The first-order chi connectivity index (χ1) is 13.4. The van der Waals surface area contributed by atoms with Crippen molar-refractivity contribution in [2.24, 2.45) is 0 Å². The molecule has 28 heavy (non-hydrogen) atoms. The van der Waals surface area contributed by atoms with E-state index in [1.54, 1.807) is 36.4 Å². The van der Waals surface area contributed by atoms with Gasteiger partial charge in [-0.15, -0.1) is 0 Å². The van der Waals surface area contributed by atoms with E-state index in [0.29, 0.717) is 24.3 Å². The summed E-state index contributed by atoms with van der Waals surface area (Å²) < 4.78 is 38.8. The molecule has 0 atom stereocenters. The highest BCUT2D eigenvalue weighted by atomic mass is 32.2. The second-order valence-electron chi connectivity index (χ2n) is 7.54. The van der Waals surface area contributed by atoms with E-state index in [-0.39, 0.29) is 17.5 Å². The zero-order chi connectivity index (χ0) is 19.8. The summed E-state index contributed by atoms with van der Waals surface area (Å²) in [5, 5.41) is 2.98. The first-order valence-electron chi connectivity index (χ1n) is 9.59. The Morgan fingerprint density at radius 1 is 0.964 bits per heavy atom. The number of hydrogen-bond donors (Lipinski definition) is 1. The number of anilines is 2. The molecule has 0 bridgehead atoms. The van der Waals surface area contributed by atoms with E-state index in [1.807, 2.05) is 0 Å². The normalized spacial score (nSPS) is 20.2. The number of amides is 1. The summed E-state index contributed by atoms with van der Waals surface area (Å²) in [5.74, 6) is -0.242. The summed E-state index contributed by atoms with van der Waals surface area (Å²) in [6.07, 6.45) is 4.00. The minimum atomic E-state index is -3.22. The molecule has 1 N–H and O–H groups in total. The van der Waals surface area contributed by atoms with Gasteiger partial charge >= 0.3 is 0 Å². The predicted molar refractivity (Wildman–Crippen MR) is 107 cm³/mol. The van der Waals surface area contributed by atoms with Gasteiger partial charge in [0.15, 0.2) is 0 Å². The van der Waals surface area contributed by atoms with Crippen LogP contribution in [-0.4, -0.2) is 26.6 Å². The minimum Gasteiger partial charge on any atom is -0.325 e. The van der Waals surface area contributed by atoms with Crippen molar-refractivity contribution in [1.29, 1.82) is 0 Å². The third kappa shape index (κ3) is 3.39. The quantitative estimate of drug-likeness (QED) is 0.846. The maximum atomic E-state index is 13.3. The summed E-state index contributed by atoms with van der Waals surface area (Å²) in [5.41, 5.74) is 1.43. The molecule has 2 aromatic carbocycles. The molecule has 1 heterocycles. The maximum absolute atomic E-state index is 13.3. The summed E-state index contributed by atoms with van der Waals surface area (Å²) in [6, 6.07) is 13.1. The molecule has 148 valence electrons. The lowest BCUT2D eigenvalue weighted by molar-refractivity contribution is -0.121. The summed E-state index contributed by atoms with van der Waals surface area (Å²) in [4.78, 5) is 13.2. The third-order valence-electron chi connectivity index (χ3n) is 5.80. The predicted octanol–water partition coefficient (Wildman–Crippen LogP) is 3.82. The molecule has 1 saturated carbocycles. The molecule has 1 saturated heterocycles. The van der Waals surface area contributed by atoms with Crippen molar-refractivity contribution in [3.63, 3.8) is 0 Å². The zero-order valence-electron chi connectivity index (χ0n) is 15.5. The van der Waals surface area contributed by atoms with Crippen LogP contribution in [0.2, 0.25) is 0 Å². The van der Waals surface area contributed by atoms with Gasteiger partial charge in [-0.3, -0.25) is 9.10 Å². The zero-order valence-corrected chi connectivity index (χ0v) is 16.3. The molecular weight excluding hydrogens is 379 g/mol. The van der Waals surface area contributed by atoms with Crippen LogP contribution in [0.3, 0.4) is 0 Å². The van der Waals surface area contributed by atoms with E-state index in [1.165, 1.54) is 16.4 Å². The fourth-order valence-corrected chi connectivity index (χ4v) is 5.85. The van der Waals surface area contributed by atoms with Gasteiger partial charge < -0.3 is 5.32 Å². The van der Waals surface area contributed by atoms with Crippen LogP contribution in [0.15, 0.2) is 48.5 Å². The van der Waals surface area contributed by atoms with E-state index >= 15 is 0 Å². The molecule has 0 spiro atoms. The van der Waals surface area contributed by atoms with E-state index in [0.717, 1.165) is 31.2 Å². The SMILES string of the molecule is O=C(Nc1ccc(N2CCCS2(=O)=O)cc1)C1(c2ccc(F)cc2)CCCC1. The average molecular weight is 402 g/mol. The fourth-order valence-electron chi connectivity index (χ4n) is 4.29. The fraction of sp³-hybridized carbons (Fsp3) is 0.381. The molecule has 0 aromatic heterocycles. The van der Waals surface area contributed by atoms with Crippen molar-refractivity contribution in [3.05, 3.63) is 59.9 Å². The Kier molecular flexibility index (Phi) is 4.87. The van der Waals surface area contributed by atoms with E-state index in [2.05, 4.69) is 5.32 Å². The van der Waals surface area contributed by atoms with Gasteiger partial charge in [-0.05, 0) is 61.2 Å². The molecule has 0 unspecified atom stereocenters. The molecule has 2 aliphatic rings. The molecule has 5 nitrogen and oxygen atoms in total. The topological polar surface area (TPSA) is 66.5 Å². The lowest BCUT2D eigenvalue weighted by Crippen LogP contribution is -2.38. The highest BCUT2D eigenvalue weighted by molar-refractivity contribution is 7.93. The number of hydrogen-bond acceptors (Lipinski definition) is 3. The van der Waals surface area contributed by atoms with Crippen LogP contribution in [0.5, 0.6) is 0 Å². The molecule has 2 fully saturated rings. The van der Waals surface area contributed by atoms with Crippen LogP contribution < -0.4 is 9.62 Å². The highest BCUT2D eigenvalue weighted by Gasteiger charge is 2.42. The average Bonchev–Trinajstić information content (AvgIpc) is 3.30. The van der Waals surface area contributed by atoms with E-state index < -0.39 is 15.4 Å². The molecule has 1 aliphatic carbocycles. The van der Waals surface area contributed by atoms with Crippen molar-refractivity contribution in [2.75, 3.05) is 21.9 Å². The second kappa shape index (κ2) is 7.20. The van der Waals surface area contributed by atoms with Crippen molar-refractivity contribution in [3.8, 4) is 0 Å². The van der Waals surface area contributed by atoms with Crippen molar-refractivity contribution >= 4 is 27.3 Å². The van der Waals surface area contributed by atoms with Crippen molar-refractivity contribution < 1.29 is 17.6 Å². The van der Waals surface area contributed by atoms with Crippen molar-refractivity contribution in [1.82, 2.24) is 0 Å². The van der Waals surface area contributed by atoms with Gasteiger partial charge in [0, 0.05) is 12.2 Å². The Labute approximate surface area is 164 Å². The number of nitrogens with one attached hydrogen (secondary N) is 1. The van der Waals surface area contributed by atoms with E-state index in [4.69, 9.17) is 0 Å². The lowest BCUT2D eigenvalue weighted by atomic mass is 9.78. The lowest BCUT2D eigenvalue weighted by Gasteiger charge is -2.28. The summed E-state index contributed by atoms with van der Waals surface area (Å²) >= 11 is 0. The Bertz CT molecular complexity index is 966. The standard InChI is InChI=1S/C21H23FN2O3S/c22-17-6-4-16(5-7-17)21(12-1-2-13-21)20(25)23-18-8-10-19(11-9-18)24-14-3-15-28(24,26)27/h4-11H,1-3,12-15H2,(H,23,25). The van der Waals surface area contributed by atoms with Crippen LogP contribution >= 0.6 is 0 Å². The molecular formula is C21H23FN2O3S. The van der Waals surface area contributed by atoms with Crippen LogP contribution in [-0.2, 0) is 20.2 Å². The van der Waals surface area contributed by atoms with Crippen LogP contribution in [0.1, 0.15) is 37.7 Å². The third-order valence-corrected chi connectivity index (χ3v) is 7.67. The summed E-state index contributed by atoms with van der Waals surface area (Å²) in [6.45, 7) is 0.488. The Morgan fingerprint density at radius 3 is 2.18 bits per heavy atom. The first-order valence-corrected chi connectivity index (χ1v) is 11.2. The number of benzene rings is 2. The van der Waals surface area contributed by atoms with Gasteiger partial charge in [0.25, 0.3) is 0 Å². The molecule has 2 aromatic rings. The van der Waals surface area contributed by atoms with Crippen LogP contribution in [0.25, 0.3) is 0 Å². The Balaban J connectivity index is 1.54. The van der Waals surface area contributed by atoms with E-state index in [9.17, 15) is 17.6 Å². The van der Waals surface area contributed by atoms with Gasteiger partial charge in [-0.2, -0.15) is 0 Å². The number of sulfonamides is 1. The number of carbonyl (C=O) groups excluding carboxylic acids is 1. The van der Waals surface area contributed by atoms with Crippen LogP contribution in [0.4, 0.5) is 15.8 Å². The highest BCUT2D eigenvalue weighted by Crippen LogP contribution is 2.42. The second-order valence-corrected chi connectivity index (χ2v) is 9.55. The maximum Gasteiger partial charge on any atom is 0.235 e. The smallest absolute Gasteiger partial charge is 0.235 e. The van der Waals surface area contributed by atoms with Gasteiger partial charge in [0.1, 0.15) is 5.82 Å². The summed E-state index contributed by atoms with van der Waals surface area (Å²) in [7, 11) is -3.22. The largest absolute Gasteiger partial charge is 0.325 e. The number of rotatable bonds is 4. The molecule has 1 amide bonds. The van der Waals surface area contributed by atoms with Crippen LogP contribution in [0, 0.1) is 5.82 Å². The first kappa shape index (κ1) is 18.9. The number of halogens is 1. The minimum absolute atomic E-state index is 0.0989. The molecule has 1 aliphatic heterocycles. The van der Waals surface area contributed by atoms with Gasteiger partial charge in [-0.25, -0.2) is 12.8 Å². The molecule has 4 rings (SSSR count). The Hall–Kier alpha value is -2.41. The van der Waals surface area contributed by atoms with Gasteiger partial charge in [0.05, 0.1) is 16.9 Å². The molecule has 7 heteroatoms. The number of carbonyl (C=O) groups is 1. The monoisotopic (exact) mass is 402 g/mol. The molecule has 0 radical (unpaired) electrons. The van der Waals surface area contributed by atoms with Gasteiger partial charge in [0.2, 0.25) is 15.9 Å².